The van der Waals surface area contributed by atoms with Crippen LogP contribution < -0.4 is 16.5 Å². The van der Waals surface area contributed by atoms with E-state index in [2.05, 4.69) is 20.2 Å². The predicted octanol–water partition coefficient (Wildman–Crippen LogP) is 1.00. The van der Waals surface area contributed by atoms with Crippen molar-refractivity contribution < 1.29 is 9.31 Å². The average molecular weight is 361 g/mol. The van der Waals surface area contributed by atoms with E-state index < -0.39 is 7.12 Å². The number of hydrogen-bond donors (Lipinski definition) is 2. The minimum atomic E-state index is -0.424. The van der Waals surface area contributed by atoms with Gasteiger partial charge in [-0.05, 0) is 47.1 Å². The predicted molar refractivity (Wildman–Crippen MR) is 105 cm³/mol. The van der Waals surface area contributed by atoms with Crippen molar-refractivity contribution in [2.75, 3.05) is 31.5 Å². The van der Waals surface area contributed by atoms with Gasteiger partial charge in [0.15, 0.2) is 0 Å². The smallest absolute Gasteiger partial charge is 0.399 e. The van der Waals surface area contributed by atoms with Crippen molar-refractivity contribution in [3.05, 3.63) is 12.4 Å². The Morgan fingerprint density at radius 3 is 2.46 bits per heavy atom. The summed E-state index contributed by atoms with van der Waals surface area (Å²) >= 11 is 0. The highest BCUT2D eigenvalue weighted by Gasteiger charge is 2.51. The molecule has 3 rings (SSSR count). The second-order valence-electron chi connectivity index (χ2n) is 8.28. The molecule has 2 aliphatic rings. The van der Waals surface area contributed by atoms with Crippen LogP contribution in [0.15, 0.2) is 12.4 Å². The number of aromatic nitrogens is 2. The topological polar surface area (TPSA) is 85.5 Å². The molecule has 0 aromatic carbocycles. The van der Waals surface area contributed by atoms with Crippen molar-refractivity contribution in [1.82, 2.24) is 14.9 Å². The van der Waals surface area contributed by atoms with Crippen LogP contribution in [0.1, 0.15) is 47.0 Å². The summed E-state index contributed by atoms with van der Waals surface area (Å²) in [6.45, 7) is 11.8. The fourth-order valence-electron chi connectivity index (χ4n) is 3.49. The molecule has 1 aromatic rings. The minimum absolute atomic E-state index is 0.359. The number of nitrogens with two attached hydrogens (primary N) is 1. The summed E-state index contributed by atoms with van der Waals surface area (Å²) < 4.78 is 12.1. The first kappa shape index (κ1) is 19.5. The zero-order chi connectivity index (χ0) is 18.8. The van der Waals surface area contributed by atoms with Gasteiger partial charge in [0, 0.05) is 43.5 Å². The molecule has 26 heavy (non-hydrogen) atoms. The molecular formula is C18H32BN5O2. The lowest BCUT2D eigenvalue weighted by atomic mass is 9.81. The SMILES string of the molecule is CC1(C)OB(c2cnc(NC[C@@H]3CCCCN3CCN)nc2)OC1(C)C. The average Bonchev–Trinajstić information content (AvgIpc) is 2.82. The van der Waals surface area contributed by atoms with E-state index in [9.17, 15) is 0 Å². The molecule has 1 atom stereocenters. The zero-order valence-electron chi connectivity index (χ0n) is 16.5. The maximum absolute atomic E-state index is 6.04. The Morgan fingerprint density at radius 1 is 1.19 bits per heavy atom. The summed E-state index contributed by atoms with van der Waals surface area (Å²) in [7, 11) is -0.424. The minimum Gasteiger partial charge on any atom is -0.399 e. The molecule has 3 heterocycles. The van der Waals surface area contributed by atoms with Crippen LogP contribution >= 0.6 is 0 Å². The number of nitrogens with one attached hydrogen (secondary N) is 1. The van der Waals surface area contributed by atoms with Gasteiger partial charge in [-0.2, -0.15) is 0 Å². The molecule has 2 fully saturated rings. The lowest BCUT2D eigenvalue weighted by molar-refractivity contribution is 0.00578. The van der Waals surface area contributed by atoms with Gasteiger partial charge in [0.2, 0.25) is 5.95 Å². The number of nitrogens with zero attached hydrogens (tertiary/aromatic N) is 3. The van der Waals surface area contributed by atoms with Crippen LogP contribution in [0.5, 0.6) is 0 Å². The van der Waals surface area contributed by atoms with E-state index in [0.717, 1.165) is 25.1 Å². The van der Waals surface area contributed by atoms with Gasteiger partial charge in [-0.25, -0.2) is 9.97 Å². The van der Waals surface area contributed by atoms with Crippen molar-refractivity contribution in [3.63, 3.8) is 0 Å². The second-order valence-corrected chi connectivity index (χ2v) is 8.28. The monoisotopic (exact) mass is 361 g/mol. The Labute approximate surface area is 157 Å². The van der Waals surface area contributed by atoms with Crippen LogP contribution in [0.2, 0.25) is 0 Å². The van der Waals surface area contributed by atoms with Gasteiger partial charge in [0.25, 0.3) is 0 Å². The molecule has 0 bridgehead atoms. The number of rotatable bonds is 6. The van der Waals surface area contributed by atoms with Gasteiger partial charge in [0.1, 0.15) is 0 Å². The third-order valence-electron chi connectivity index (χ3n) is 5.86. The summed E-state index contributed by atoms with van der Waals surface area (Å²) in [6.07, 6.45) is 7.30. The van der Waals surface area contributed by atoms with Crippen molar-refractivity contribution in [2.45, 2.75) is 64.2 Å². The van der Waals surface area contributed by atoms with Crippen LogP contribution in [-0.2, 0) is 9.31 Å². The maximum Gasteiger partial charge on any atom is 0.498 e. The highest BCUT2D eigenvalue weighted by atomic mass is 16.7. The van der Waals surface area contributed by atoms with Crippen molar-refractivity contribution in [2.24, 2.45) is 5.73 Å². The Balaban J connectivity index is 1.57. The first-order valence-electron chi connectivity index (χ1n) is 9.68. The molecule has 3 N–H and O–H groups in total. The lowest BCUT2D eigenvalue weighted by Crippen LogP contribution is -2.45. The van der Waals surface area contributed by atoms with Crippen molar-refractivity contribution >= 4 is 18.5 Å². The lowest BCUT2D eigenvalue weighted by Gasteiger charge is -2.35. The second kappa shape index (κ2) is 7.80. The molecule has 2 saturated heterocycles. The Bertz CT molecular complexity index is 578. The number of anilines is 1. The molecule has 0 radical (unpaired) electrons. The van der Waals surface area contributed by atoms with Crippen molar-refractivity contribution in [1.29, 1.82) is 0 Å². The summed E-state index contributed by atoms with van der Waals surface area (Å²) in [5, 5.41) is 3.37. The first-order valence-corrected chi connectivity index (χ1v) is 9.68. The van der Waals surface area contributed by atoms with E-state index in [0.29, 0.717) is 18.5 Å². The molecular weight excluding hydrogens is 329 g/mol. The van der Waals surface area contributed by atoms with E-state index in [1.165, 1.54) is 19.3 Å². The number of hydrogen-bond acceptors (Lipinski definition) is 7. The molecule has 0 unspecified atom stereocenters. The van der Waals surface area contributed by atoms with Crippen LogP contribution in [0.25, 0.3) is 0 Å². The van der Waals surface area contributed by atoms with Gasteiger partial charge in [-0.15, -0.1) is 0 Å². The summed E-state index contributed by atoms with van der Waals surface area (Å²) in [5.74, 6) is 0.642. The Morgan fingerprint density at radius 2 is 1.85 bits per heavy atom. The summed E-state index contributed by atoms with van der Waals surface area (Å²) in [5.41, 5.74) is 5.86. The maximum atomic E-state index is 6.04. The molecule has 0 aliphatic carbocycles. The fraction of sp³-hybridized carbons (Fsp3) is 0.778. The van der Waals surface area contributed by atoms with Gasteiger partial charge in [-0.3, -0.25) is 4.90 Å². The summed E-state index contributed by atoms with van der Waals surface area (Å²) in [4.78, 5) is 11.4. The van der Waals surface area contributed by atoms with E-state index in [1.807, 2.05) is 27.7 Å². The third kappa shape index (κ3) is 4.19. The number of piperidine rings is 1. The molecule has 8 heteroatoms. The Hall–Kier alpha value is -1.22. The molecule has 1 aromatic heterocycles. The summed E-state index contributed by atoms with van der Waals surface area (Å²) in [6, 6.07) is 0.499. The van der Waals surface area contributed by atoms with E-state index in [-0.39, 0.29) is 11.2 Å². The molecule has 2 aliphatic heterocycles. The molecule has 7 nitrogen and oxygen atoms in total. The van der Waals surface area contributed by atoms with Gasteiger partial charge < -0.3 is 20.4 Å². The molecule has 0 spiro atoms. The van der Waals surface area contributed by atoms with Crippen LogP contribution in [-0.4, -0.2) is 65.4 Å². The quantitative estimate of drug-likeness (QED) is 0.731. The van der Waals surface area contributed by atoms with Crippen LogP contribution in [0.4, 0.5) is 5.95 Å². The first-order chi connectivity index (χ1) is 12.3. The molecule has 0 saturated carbocycles. The normalized spacial score (nSPS) is 25.4. The zero-order valence-corrected chi connectivity index (χ0v) is 16.5. The number of likely N-dealkylation sites (tertiary alicyclic amines) is 1. The molecule has 144 valence electrons. The van der Waals surface area contributed by atoms with Crippen LogP contribution in [0.3, 0.4) is 0 Å². The highest BCUT2D eigenvalue weighted by molar-refractivity contribution is 6.61. The van der Waals surface area contributed by atoms with E-state index >= 15 is 0 Å². The largest absolute Gasteiger partial charge is 0.498 e. The van der Waals surface area contributed by atoms with Gasteiger partial charge >= 0.3 is 7.12 Å². The fourth-order valence-corrected chi connectivity index (χ4v) is 3.49. The molecule has 0 amide bonds. The van der Waals surface area contributed by atoms with E-state index in [1.54, 1.807) is 12.4 Å². The van der Waals surface area contributed by atoms with Gasteiger partial charge in [0.05, 0.1) is 11.2 Å². The Kier molecular flexibility index (Phi) is 5.86. The van der Waals surface area contributed by atoms with E-state index in [4.69, 9.17) is 15.0 Å². The van der Waals surface area contributed by atoms with Crippen LogP contribution in [0, 0.1) is 0 Å². The third-order valence-corrected chi connectivity index (χ3v) is 5.86. The standard InChI is InChI=1S/C18H32BN5O2/c1-17(2)18(3,4)26-19(25-17)14-11-21-16(22-12-14)23-13-15-7-5-6-9-24(15)10-8-20/h11-12,15H,5-10,13,20H2,1-4H3,(H,21,22,23)/t15-/m0/s1. The highest BCUT2D eigenvalue weighted by Crippen LogP contribution is 2.36. The van der Waals surface area contributed by atoms with Gasteiger partial charge in [-0.1, -0.05) is 6.42 Å². The van der Waals surface area contributed by atoms with Crippen molar-refractivity contribution in [3.8, 4) is 0 Å².